The van der Waals surface area contributed by atoms with Crippen LogP contribution in [0.3, 0.4) is 0 Å². The molecule has 0 spiro atoms. The first-order valence-electron chi connectivity index (χ1n) is 9.60. The maximum atomic E-state index is 13.1. The van der Waals surface area contributed by atoms with Crippen LogP contribution in [0, 0.1) is 11.2 Å². The summed E-state index contributed by atoms with van der Waals surface area (Å²) in [5.74, 6) is -1.48. The molecule has 1 N–H and O–H groups in total. The number of amides is 1. The quantitative estimate of drug-likeness (QED) is 0.332. The minimum absolute atomic E-state index is 0.0672. The van der Waals surface area contributed by atoms with Gasteiger partial charge in [-0.25, -0.2) is 9.18 Å². The Morgan fingerprint density at radius 1 is 1.12 bits per heavy atom. The van der Waals surface area contributed by atoms with Crippen molar-refractivity contribution in [1.82, 2.24) is 5.01 Å². The number of rotatable bonds is 4. The smallest absolute Gasteiger partial charge is 0.343 e. The summed E-state index contributed by atoms with van der Waals surface area (Å²) in [4.78, 5) is 29.9. The molecular weight excluding hydrogens is 463 g/mol. The van der Waals surface area contributed by atoms with Crippen molar-refractivity contribution in [2.24, 2.45) is 10.1 Å². The van der Waals surface area contributed by atoms with Crippen LogP contribution in [0.15, 0.2) is 81.7 Å². The Kier molecular flexibility index (Phi) is 5.45. The van der Waals surface area contributed by atoms with Gasteiger partial charge in [-0.05, 0) is 71.2 Å². The molecule has 0 fully saturated rings. The van der Waals surface area contributed by atoms with Gasteiger partial charge in [0.25, 0.3) is 5.91 Å². The number of thioether (sulfide) groups is 1. The summed E-state index contributed by atoms with van der Waals surface area (Å²) in [6, 6.07) is 15.3. The summed E-state index contributed by atoms with van der Waals surface area (Å²) >= 11 is 2.76. The standard InChI is InChI=1S/C23H13FN4O3S2/c24-15-8-6-14(7-9-15)22(30)31-16-4-1-3-13(11-16)12-17-19(25)28-23(26-20(17)29)33-21(27-28)18-5-2-10-32-18/h1-12,25H. The number of fused-ring (bicyclic) bond motifs is 1. The molecule has 1 aromatic heterocycles. The highest BCUT2D eigenvalue weighted by Crippen LogP contribution is 2.32. The van der Waals surface area contributed by atoms with Crippen LogP contribution < -0.4 is 4.74 Å². The fourth-order valence-corrected chi connectivity index (χ4v) is 4.76. The zero-order valence-corrected chi connectivity index (χ0v) is 18.3. The van der Waals surface area contributed by atoms with E-state index in [1.165, 1.54) is 58.4 Å². The number of hydrazone groups is 1. The monoisotopic (exact) mass is 476 g/mol. The van der Waals surface area contributed by atoms with Crippen molar-refractivity contribution >= 4 is 57.1 Å². The van der Waals surface area contributed by atoms with E-state index in [0.717, 1.165) is 4.88 Å². The van der Waals surface area contributed by atoms with Gasteiger partial charge in [0.2, 0.25) is 5.17 Å². The molecule has 0 bridgehead atoms. The Hall–Kier alpha value is -3.89. The number of carbonyl (C=O) groups excluding carboxylic acids is 2. The molecule has 0 saturated carbocycles. The van der Waals surface area contributed by atoms with Crippen molar-refractivity contribution in [3.05, 3.63) is 93.4 Å². The molecule has 5 rings (SSSR count). The summed E-state index contributed by atoms with van der Waals surface area (Å²) in [5, 5.41) is 17.2. The zero-order chi connectivity index (χ0) is 22.9. The molecule has 162 valence electrons. The third kappa shape index (κ3) is 4.26. The van der Waals surface area contributed by atoms with Crippen LogP contribution >= 0.6 is 23.1 Å². The van der Waals surface area contributed by atoms with Crippen LogP contribution in [0.4, 0.5) is 4.39 Å². The normalized spacial score (nSPS) is 16.5. The summed E-state index contributed by atoms with van der Waals surface area (Å²) in [7, 11) is 0. The molecule has 2 aliphatic rings. The van der Waals surface area contributed by atoms with E-state index in [9.17, 15) is 14.0 Å². The second-order valence-corrected chi connectivity index (χ2v) is 8.78. The maximum absolute atomic E-state index is 13.1. The third-order valence-corrected chi connectivity index (χ3v) is 6.59. The first-order chi connectivity index (χ1) is 16.0. The lowest BCUT2D eigenvalue weighted by Gasteiger charge is -2.20. The van der Waals surface area contributed by atoms with Crippen LogP contribution in [-0.4, -0.2) is 32.9 Å². The van der Waals surface area contributed by atoms with Crippen molar-refractivity contribution in [2.75, 3.05) is 0 Å². The predicted molar refractivity (Wildman–Crippen MR) is 126 cm³/mol. The number of nitrogens with zero attached hydrogens (tertiary/aromatic N) is 3. The highest BCUT2D eigenvalue weighted by atomic mass is 32.2. The van der Waals surface area contributed by atoms with Gasteiger partial charge in [-0.15, -0.1) is 11.3 Å². The summed E-state index contributed by atoms with van der Waals surface area (Å²) in [6.45, 7) is 0. The van der Waals surface area contributed by atoms with E-state index in [2.05, 4.69) is 10.1 Å². The fraction of sp³-hybridized carbons (Fsp3) is 0. The molecule has 0 aliphatic carbocycles. The number of nitrogens with one attached hydrogen (secondary N) is 1. The SMILES string of the molecule is N=C1C(=Cc2cccc(OC(=O)c3ccc(F)cc3)c2)C(=O)N=C2SC(c3cccs3)=NN12. The molecule has 0 radical (unpaired) electrons. The van der Waals surface area contributed by atoms with Crippen LogP contribution in [0.1, 0.15) is 20.8 Å². The minimum atomic E-state index is -0.639. The third-order valence-electron chi connectivity index (χ3n) is 4.65. The van der Waals surface area contributed by atoms with Gasteiger partial charge in [0.1, 0.15) is 16.6 Å². The Morgan fingerprint density at radius 3 is 2.70 bits per heavy atom. The van der Waals surface area contributed by atoms with Gasteiger partial charge in [-0.3, -0.25) is 10.2 Å². The van der Waals surface area contributed by atoms with Crippen LogP contribution in [0.25, 0.3) is 6.08 Å². The van der Waals surface area contributed by atoms with Crippen molar-refractivity contribution in [3.8, 4) is 5.75 Å². The highest BCUT2D eigenvalue weighted by molar-refractivity contribution is 8.27. The van der Waals surface area contributed by atoms with Gasteiger partial charge in [0.15, 0.2) is 5.84 Å². The molecule has 2 aliphatic heterocycles. The highest BCUT2D eigenvalue weighted by Gasteiger charge is 2.36. The molecule has 7 nitrogen and oxygen atoms in total. The molecule has 3 heterocycles. The van der Waals surface area contributed by atoms with E-state index in [1.807, 2.05) is 17.5 Å². The zero-order valence-electron chi connectivity index (χ0n) is 16.7. The van der Waals surface area contributed by atoms with Gasteiger partial charge in [-0.2, -0.15) is 15.1 Å². The second kappa shape index (κ2) is 8.57. The van der Waals surface area contributed by atoms with E-state index in [4.69, 9.17) is 10.1 Å². The minimum Gasteiger partial charge on any atom is -0.423 e. The summed E-state index contributed by atoms with van der Waals surface area (Å²) < 4.78 is 18.4. The van der Waals surface area contributed by atoms with Crippen molar-refractivity contribution < 1.29 is 18.7 Å². The number of esters is 1. The average molecular weight is 477 g/mol. The van der Waals surface area contributed by atoms with Crippen molar-refractivity contribution in [3.63, 3.8) is 0 Å². The van der Waals surface area contributed by atoms with Crippen LogP contribution in [-0.2, 0) is 4.79 Å². The number of carbonyl (C=O) groups is 2. The first kappa shape index (κ1) is 21.0. The molecule has 1 amide bonds. The lowest BCUT2D eigenvalue weighted by molar-refractivity contribution is -0.114. The largest absolute Gasteiger partial charge is 0.423 e. The Balaban J connectivity index is 1.38. The van der Waals surface area contributed by atoms with E-state index < -0.39 is 17.7 Å². The van der Waals surface area contributed by atoms with E-state index in [1.54, 1.807) is 24.3 Å². The summed E-state index contributed by atoms with van der Waals surface area (Å²) in [5.41, 5.74) is 0.815. The van der Waals surface area contributed by atoms with Gasteiger partial charge in [-0.1, -0.05) is 18.2 Å². The predicted octanol–water partition coefficient (Wildman–Crippen LogP) is 4.77. The summed E-state index contributed by atoms with van der Waals surface area (Å²) in [6.07, 6.45) is 1.50. The molecule has 3 aromatic rings. The molecule has 0 atom stereocenters. The van der Waals surface area contributed by atoms with Gasteiger partial charge in [0, 0.05) is 0 Å². The molecule has 0 unspecified atom stereocenters. The number of benzene rings is 2. The Labute approximate surface area is 195 Å². The van der Waals surface area contributed by atoms with Crippen molar-refractivity contribution in [1.29, 1.82) is 5.41 Å². The Bertz CT molecular complexity index is 1380. The molecule has 0 saturated heterocycles. The van der Waals surface area contributed by atoms with E-state index in [0.29, 0.717) is 15.8 Å². The lowest BCUT2D eigenvalue weighted by atomic mass is 10.1. The lowest BCUT2D eigenvalue weighted by Crippen LogP contribution is -2.35. The number of halogens is 1. The van der Waals surface area contributed by atoms with E-state index in [-0.39, 0.29) is 22.7 Å². The van der Waals surface area contributed by atoms with Gasteiger partial charge in [0.05, 0.1) is 16.0 Å². The number of hydrogen-bond acceptors (Lipinski definition) is 7. The maximum Gasteiger partial charge on any atom is 0.343 e. The molecular formula is C23H13FN4O3S2. The average Bonchev–Trinajstić information content (AvgIpc) is 3.47. The number of hydrogen-bond donors (Lipinski definition) is 1. The first-order valence-corrected chi connectivity index (χ1v) is 11.3. The number of amidine groups is 2. The van der Waals surface area contributed by atoms with Gasteiger partial charge < -0.3 is 4.74 Å². The van der Waals surface area contributed by atoms with E-state index >= 15 is 0 Å². The molecule has 10 heteroatoms. The van der Waals surface area contributed by atoms with Crippen molar-refractivity contribution in [2.45, 2.75) is 0 Å². The van der Waals surface area contributed by atoms with Crippen LogP contribution in [0.2, 0.25) is 0 Å². The van der Waals surface area contributed by atoms with Crippen LogP contribution in [0.5, 0.6) is 5.75 Å². The number of thiophene rings is 1. The molecule has 33 heavy (non-hydrogen) atoms. The second-order valence-electron chi connectivity index (χ2n) is 6.87. The number of aliphatic imine (C=N–C) groups is 1. The fourth-order valence-electron chi connectivity index (χ4n) is 3.08. The Morgan fingerprint density at radius 2 is 1.94 bits per heavy atom. The molecule has 2 aromatic carbocycles. The topological polar surface area (TPSA) is 95.2 Å². The van der Waals surface area contributed by atoms with Gasteiger partial charge >= 0.3 is 5.97 Å². The number of ether oxygens (including phenoxy) is 1.